The Labute approximate surface area is 84.5 Å². The van der Waals surface area contributed by atoms with Gasteiger partial charge in [0.05, 0.1) is 9.21 Å². The van der Waals surface area contributed by atoms with E-state index in [1.54, 1.807) is 12.1 Å². The highest BCUT2D eigenvalue weighted by atomic mass is 35.5. The van der Waals surface area contributed by atoms with Crippen molar-refractivity contribution < 1.29 is 4.79 Å². The maximum absolute atomic E-state index is 11.2. The SMILES string of the molecule is O=C(NCCCl)c1ccc(Cl)s1. The van der Waals surface area contributed by atoms with Gasteiger partial charge in [-0.2, -0.15) is 0 Å². The van der Waals surface area contributed by atoms with Gasteiger partial charge in [0.25, 0.3) is 5.91 Å². The van der Waals surface area contributed by atoms with Gasteiger partial charge in [0.1, 0.15) is 0 Å². The first-order valence-electron chi connectivity index (χ1n) is 3.33. The summed E-state index contributed by atoms with van der Waals surface area (Å²) in [5, 5.41) is 2.64. The first kappa shape index (κ1) is 9.84. The van der Waals surface area contributed by atoms with E-state index in [9.17, 15) is 4.79 Å². The fourth-order valence-corrected chi connectivity index (χ4v) is 1.74. The monoisotopic (exact) mass is 223 g/mol. The molecule has 0 aliphatic heterocycles. The average molecular weight is 224 g/mol. The van der Waals surface area contributed by atoms with Crippen molar-refractivity contribution in [2.24, 2.45) is 0 Å². The van der Waals surface area contributed by atoms with Crippen LogP contribution >= 0.6 is 34.5 Å². The van der Waals surface area contributed by atoms with E-state index < -0.39 is 0 Å². The third-order valence-electron chi connectivity index (χ3n) is 1.18. The highest BCUT2D eigenvalue weighted by Crippen LogP contribution is 2.20. The van der Waals surface area contributed by atoms with Gasteiger partial charge in [0.2, 0.25) is 0 Å². The van der Waals surface area contributed by atoms with Gasteiger partial charge in [-0.3, -0.25) is 4.79 Å². The Morgan fingerprint density at radius 3 is 2.83 bits per heavy atom. The normalized spacial score (nSPS) is 9.83. The fourth-order valence-electron chi connectivity index (χ4n) is 0.684. The Morgan fingerprint density at radius 2 is 2.33 bits per heavy atom. The maximum atomic E-state index is 11.2. The molecule has 1 N–H and O–H groups in total. The van der Waals surface area contributed by atoms with Crippen LogP contribution < -0.4 is 5.32 Å². The molecule has 0 unspecified atom stereocenters. The molecule has 12 heavy (non-hydrogen) atoms. The molecule has 1 amide bonds. The number of hydrogen-bond acceptors (Lipinski definition) is 2. The number of thiophene rings is 1. The first-order valence-corrected chi connectivity index (χ1v) is 5.06. The maximum Gasteiger partial charge on any atom is 0.261 e. The van der Waals surface area contributed by atoms with Crippen LogP contribution in [-0.2, 0) is 0 Å². The molecule has 1 heterocycles. The van der Waals surface area contributed by atoms with Crippen molar-refractivity contribution in [2.75, 3.05) is 12.4 Å². The standard InChI is InChI=1S/C7H7Cl2NOS/c8-3-4-10-7(11)5-1-2-6(9)12-5/h1-2H,3-4H2,(H,10,11). The number of nitrogens with one attached hydrogen (secondary N) is 1. The van der Waals surface area contributed by atoms with Crippen molar-refractivity contribution in [3.05, 3.63) is 21.3 Å². The molecule has 0 radical (unpaired) electrons. The van der Waals surface area contributed by atoms with E-state index in [-0.39, 0.29) is 5.91 Å². The highest BCUT2D eigenvalue weighted by molar-refractivity contribution is 7.17. The Hall–Kier alpha value is -0.250. The lowest BCUT2D eigenvalue weighted by Gasteiger charge is -1.98. The summed E-state index contributed by atoms with van der Waals surface area (Å²) in [7, 11) is 0. The molecule has 0 saturated carbocycles. The quantitative estimate of drug-likeness (QED) is 0.784. The summed E-state index contributed by atoms with van der Waals surface area (Å²) in [5.74, 6) is 0.303. The number of carbonyl (C=O) groups excluding carboxylic acids is 1. The zero-order valence-electron chi connectivity index (χ0n) is 6.14. The second-order valence-electron chi connectivity index (χ2n) is 2.05. The van der Waals surface area contributed by atoms with Crippen LogP contribution in [0.5, 0.6) is 0 Å². The topological polar surface area (TPSA) is 29.1 Å². The highest BCUT2D eigenvalue weighted by Gasteiger charge is 2.06. The van der Waals surface area contributed by atoms with Gasteiger partial charge >= 0.3 is 0 Å². The Bertz CT molecular complexity index is 274. The first-order chi connectivity index (χ1) is 5.74. The molecule has 1 rings (SSSR count). The second kappa shape index (κ2) is 4.70. The summed E-state index contributed by atoms with van der Waals surface area (Å²) in [5.41, 5.74) is 0. The summed E-state index contributed by atoms with van der Waals surface area (Å²) in [6, 6.07) is 3.39. The molecule has 0 aromatic carbocycles. The number of alkyl halides is 1. The molecule has 0 aliphatic rings. The molecule has 0 aliphatic carbocycles. The minimum absolute atomic E-state index is 0.118. The van der Waals surface area contributed by atoms with Crippen molar-refractivity contribution in [2.45, 2.75) is 0 Å². The summed E-state index contributed by atoms with van der Waals surface area (Å²) in [4.78, 5) is 11.8. The van der Waals surface area contributed by atoms with E-state index in [1.165, 1.54) is 11.3 Å². The van der Waals surface area contributed by atoms with Crippen molar-refractivity contribution in [3.8, 4) is 0 Å². The molecule has 1 aromatic heterocycles. The predicted octanol–water partition coefficient (Wildman–Crippen LogP) is 2.37. The molecule has 1 aromatic rings. The van der Waals surface area contributed by atoms with Gasteiger partial charge in [0, 0.05) is 12.4 Å². The van der Waals surface area contributed by atoms with Gasteiger partial charge in [-0.1, -0.05) is 11.6 Å². The third kappa shape index (κ3) is 2.66. The molecule has 0 atom stereocenters. The van der Waals surface area contributed by atoms with E-state index in [2.05, 4.69) is 5.32 Å². The van der Waals surface area contributed by atoms with Crippen LogP contribution in [0.3, 0.4) is 0 Å². The fraction of sp³-hybridized carbons (Fsp3) is 0.286. The van der Waals surface area contributed by atoms with Crippen molar-refractivity contribution in [3.63, 3.8) is 0 Å². The Kier molecular flexibility index (Phi) is 3.85. The van der Waals surface area contributed by atoms with Gasteiger partial charge in [0.15, 0.2) is 0 Å². The van der Waals surface area contributed by atoms with Crippen LogP contribution in [0.4, 0.5) is 0 Å². The third-order valence-corrected chi connectivity index (χ3v) is 2.60. The summed E-state index contributed by atoms with van der Waals surface area (Å²) < 4.78 is 0.617. The molecule has 0 bridgehead atoms. The van der Waals surface area contributed by atoms with Gasteiger partial charge < -0.3 is 5.32 Å². The zero-order chi connectivity index (χ0) is 8.97. The van der Waals surface area contributed by atoms with E-state index in [0.29, 0.717) is 21.6 Å². The van der Waals surface area contributed by atoms with Crippen molar-refractivity contribution in [1.82, 2.24) is 5.32 Å². The lowest BCUT2D eigenvalue weighted by Crippen LogP contribution is -2.24. The van der Waals surface area contributed by atoms with Crippen LogP contribution in [0.25, 0.3) is 0 Å². The molecule has 66 valence electrons. The van der Waals surface area contributed by atoms with Crippen LogP contribution in [-0.4, -0.2) is 18.3 Å². The molecule has 0 saturated heterocycles. The van der Waals surface area contributed by atoms with Crippen molar-refractivity contribution >= 4 is 40.4 Å². The number of rotatable bonds is 3. The number of hydrogen-bond donors (Lipinski definition) is 1. The zero-order valence-corrected chi connectivity index (χ0v) is 8.47. The lowest BCUT2D eigenvalue weighted by molar-refractivity contribution is 0.0960. The molecular weight excluding hydrogens is 217 g/mol. The largest absolute Gasteiger partial charge is 0.350 e. The summed E-state index contributed by atoms with van der Waals surface area (Å²) >= 11 is 12.3. The number of carbonyl (C=O) groups is 1. The second-order valence-corrected chi connectivity index (χ2v) is 4.14. The molecule has 0 fully saturated rings. The van der Waals surface area contributed by atoms with Gasteiger partial charge in [-0.15, -0.1) is 22.9 Å². The molecule has 0 spiro atoms. The molecule has 5 heteroatoms. The summed E-state index contributed by atoms with van der Waals surface area (Å²) in [6.07, 6.45) is 0. The van der Waals surface area contributed by atoms with Crippen LogP contribution in [0, 0.1) is 0 Å². The van der Waals surface area contributed by atoms with E-state index in [1.807, 2.05) is 0 Å². The van der Waals surface area contributed by atoms with Crippen molar-refractivity contribution in [1.29, 1.82) is 0 Å². The van der Waals surface area contributed by atoms with Crippen LogP contribution in [0.15, 0.2) is 12.1 Å². The Balaban J connectivity index is 2.53. The van der Waals surface area contributed by atoms with E-state index in [4.69, 9.17) is 23.2 Å². The smallest absolute Gasteiger partial charge is 0.261 e. The predicted molar refractivity (Wildman–Crippen MR) is 52.4 cm³/mol. The van der Waals surface area contributed by atoms with Gasteiger partial charge in [-0.25, -0.2) is 0 Å². The molecule has 2 nitrogen and oxygen atoms in total. The summed E-state index contributed by atoms with van der Waals surface area (Å²) in [6.45, 7) is 0.482. The minimum atomic E-state index is -0.118. The van der Waals surface area contributed by atoms with Crippen LogP contribution in [0.2, 0.25) is 4.34 Å². The lowest BCUT2D eigenvalue weighted by atomic mass is 10.4. The number of halogens is 2. The van der Waals surface area contributed by atoms with Gasteiger partial charge in [-0.05, 0) is 12.1 Å². The van der Waals surface area contributed by atoms with Crippen LogP contribution in [0.1, 0.15) is 9.67 Å². The van der Waals surface area contributed by atoms with E-state index in [0.717, 1.165) is 0 Å². The Morgan fingerprint density at radius 1 is 1.58 bits per heavy atom. The molecular formula is C7H7Cl2NOS. The number of amides is 1. The average Bonchev–Trinajstić information content (AvgIpc) is 2.47. The minimum Gasteiger partial charge on any atom is -0.350 e. The van der Waals surface area contributed by atoms with E-state index >= 15 is 0 Å².